The van der Waals surface area contributed by atoms with Gasteiger partial charge < -0.3 is 10.1 Å². The number of thiocarbonyl (C=S) groups is 1. The Morgan fingerprint density at radius 3 is 2.56 bits per heavy atom. The number of thioether (sulfide) groups is 1. The second kappa shape index (κ2) is 8.36. The van der Waals surface area contributed by atoms with Crippen LogP contribution in [-0.4, -0.2) is 29.1 Å². The monoisotopic (exact) mass is 372 g/mol. The first-order chi connectivity index (χ1) is 12.2. The van der Waals surface area contributed by atoms with Crippen LogP contribution >= 0.6 is 24.0 Å². The maximum absolute atomic E-state index is 12.6. The molecule has 0 radical (unpaired) electrons. The van der Waals surface area contributed by atoms with Crippen LogP contribution < -0.4 is 15.0 Å². The van der Waals surface area contributed by atoms with Gasteiger partial charge in [-0.3, -0.25) is 9.69 Å². The van der Waals surface area contributed by atoms with Crippen molar-refractivity contribution < 1.29 is 9.53 Å². The molecule has 0 bridgehead atoms. The van der Waals surface area contributed by atoms with Gasteiger partial charge in [0.05, 0.1) is 5.69 Å². The van der Waals surface area contributed by atoms with Crippen LogP contribution in [0, 0.1) is 0 Å². The first kappa shape index (κ1) is 17.8. The predicted molar refractivity (Wildman–Crippen MR) is 107 cm³/mol. The molecular weight excluding hydrogens is 352 g/mol. The van der Waals surface area contributed by atoms with Crippen LogP contribution in [0.1, 0.15) is 12.0 Å². The summed E-state index contributed by atoms with van der Waals surface area (Å²) in [5.74, 6) is 1.70. The van der Waals surface area contributed by atoms with Gasteiger partial charge in [0.2, 0.25) is 0 Å². The van der Waals surface area contributed by atoms with Crippen LogP contribution in [0.5, 0.6) is 5.75 Å². The fourth-order valence-corrected chi connectivity index (χ4v) is 3.45. The number of hydrogen-bond donors (Lipinski definition) is 1. The summed E-state index contributed by atoms with van der Waals surface area (Å²) < 4.78 is 5.78. The number of anilines is 1. The Bertz CT molecular complexity index is 735. The fraction of sp³-hybridized carbons (Fsp3) is 0.263. The first-order valence-electron chi connectivity index (χ1n) is 8.09. The van der Waals surface area contributed by atoms with Crippen LogP contribution in [0.15, 0.2) is 54.6 Å². The summed E-state index contributed by atoms with van der Waals surface area (Å²) in [7, 11) is 0. The zero-order chi connectivity index (χ0) is 17.6. The molecule has 0 unspecified atom stereocenters. The molecule has 1 saturated heterocycles. The molecule has 0 saturated carbocycles. The Hall–Kier alpha value is -2.05. The molecule has 0 spiro atoms. The standard InChI is InChI=1S/C19H20N2O2S2/c1-25-12-11-17-18(22)21(19(24)20-17)15-7-9-16(10-8-15)23-13-14-5-3-2-4-6-14/h2-10,17H,11-13H2,1H3,(H,20,24)/t17-/m1/s1. The normalized spacial score (nSPS) is 16.8. The van der Waals surface area contributed by atoms with E-state index in [0.29, 0.717) is 11.7 Å². The highest BCUT2D eigenvalue weighted by atomic mass is 32.2. The van der Waals surface area contributed by atoms with Gasteiger partial charge in [-0.25, -0.2) is 0 Å². The molecule has 3 rings (SSSR count). The minimum Gasteiger partial charge on any atom is -0.489 e. The van der Waals surface area contributed by atoms with Crippen molar-refractivity contribution in [3.8, 4) is 5.75 Å². The van der Waals surface area contributed by atoms with E-state index in [1.54, 1.807) is 16.7 Å². The van der Waals surface area contributed by atoms with Gasteiger partial charge in [0.1, 0.15) is 18.4 Å². The largest absolute Gasteiger partial charge is 0.489 e. The molecule has 1 amide bonds. The summed E-state index contributed by atoms with van der Waals surface area (Å²) >= 11 is 7.05. The van der Waals surface area contributed by atoms with Crippen molar-refractivity contribution in [1.29, 1.82) is 0 Å². The number of carbonyl (C=O) groups is 1. The number of ether oxygens (including phenoxy) is 1. The summed E-state index contributed by atoms with van der Waals surface area (Å²) in [6.07, 6.45) is 2.80. The molecule has 1 heterocycles. The van der Waals surface area contributed by atoms with Crippen LogP contribution in [0.4, 0.5) is 5.69 Å². The molecule has 1 atom stereocenters. The second-order valence-electron chi connectivity index (χ2n) is 5.73. The maximum Gasteiger partial charge on any atom is 0.255 e. The molecule has 1 N–H and O–H groups in total. The van der Waals surface area contributed by atoms with Gasteiger partial charge in [0.25, 0.3) is 5.91 Å². The number of amides is 1. The van der Waals surface area contributed by atoms with Gasteiger partial charge in [-0.1, -0.05) is 30.3 Å². The summed E-state index contributed by atoms with van der Waals surface area (Å²) in [4.78, 5) is 14.1. The summed E-state index contributed by atoms with van der Waals surface area (Å²) in [5, 5.41) is 3.58. The molecule has 130 valence electrons. The number of nitrogens with zero attached hydrogens (tertiary/aromatic N) is 1. The Balaban J connectivity index is 1.63. The van der Waals surface area contributed by atoms with E-state index in [0.717, 1.165) is 29.2 Å². The molecule has 2 aromatic carbocycles. The van der Waals surface area contributed by atoms with E-state index in [1.165, 1.54) is 0 Å². The summed E-state index contributed by atoms with van der Waals surface area (Å²) in [5.41, 5.74) is 1.88. The molecule has 1 aliphatic heterocycles. The quantitative estimate of drug-likeness (QED) is 0.752. The Labute approximate surface area is 157 Å². The smallest absolute Gasteiger partial charge is 0.255 e. The van der Waals surface area contributed by atoms with Crippen molar-refractivity contribution in [2.45, 2.75) is 19.1 Å². The minimum absolute atomic E-state index is 0.0111. The molecular formula is C19H20N2O2S2. The number of nitrogens with one attached hydrogen (secondary N) is 1. The van der Waals surface area contributed by atoms with Crippen molar-refractivity contribution in [2.24, 2.45) is 0 Å². The van der Waals surface area contributed by atoms with E-state index < -0.39 is 0 Å². The van der Waals surface area contributed by atoms with E-state index in [4.69, 9.17) is 17.0 Å². The summed E-state index contributed by atoms with van der Waals surface area (Å²) in [6, 6.07) is 17.2. The van der Waals surface area contributed by atoms with Crippen LogP contribution in [0.3, 0.4) is 0 Å². The maximum atomic E-state index is 12.6. The number of benzene rings is 2. The lowest BCUT2D eigenvalue weighted by Gasteiger charge is -2.15. The number of rotatable bonds is 7. The third kappa shape index (κ3) is 4.32. The average molecular weight is 373 g/mol. The van der Waals surface area contributed by atoms with Crippen molar-refractivity contribution in [2.75, 3.05) is 16.9 Å². The Kier molecular flexibility index (Phi) is 5.94. The van der Waals surface area contributed by atoms with Crippen molar-refractivity contribution in [1.82, 2.24) is 5.32 Å². The number of hydrogen-bond acceptors (Lipinski definition) is 4. The molecule has 25 heavy (non-hydrogen) atoms. The van der Waals surface area contributed by atoms with E-state index in [2.05, 4.69) is 5.32 Å². The van der Waals surface area contributed by atoms with Crippen molar-refractivity contribution in [3.63, 3.8) is 0 Å². The van der Waals surface area contributed by atoms with Crippen molar-refractivity contribution >= 4 is 40.7 Å². The van der Waals surface area contributed by atoms with Crippen LogP contribution in [0.2, 0.25) is 0 Å². The lowest BCUT2D eigenvalue weighted by molar-refractivity contribution is -0.118. The molecule has 4 nitrogen and oxygen atoms in total. The first-order valence-corrected chi connectivity index (χ1v) is 9.89. The zero-order valence-electron chi connectivity index (χ0n) is 14.0. The predicted octanol–water partition coefficient (Wildman–Crippen LogP) is 3.61. The fourth-order valence-electron chi connectivity index (χ4n) is 2.64. The summed E-state index contributed by atoms with van der Waals surface area (Å²) in [6.45, 7) is 0.513. The van der Waals surface area contributed by atoms with Gasteiger partial charge >= 0.3 is 0 Å². The van der Waals surface area contributed by atoms with Gasteiger partial charge in [0.15, 0.2) is 5.11 Å². The van der Waals surface area contributed by atoms with Gasteiger partial charge in [-0.2, -0.15) is 11.8 Å². The van der Waals surface area contributed by atoms with E-state index in [-0.39, 0.29) is 11.9 Å². The average Bonchev–Trinajstić information content (AvgIpc) is 2.93. The van der Waals surface area contributed by atoms with E-state index in [1.807, 2.05) is 60.9 Å². The number of carbonyl (C=O) groups excluding carboxylic acids is 1. The van der Waals surface area contributed by atoms with Gasteiger partial charge in [0, 0.05) is 0 Å². The molecule has 1 fully saturated rings. The SMILES string of the molecule is CSCC[C@H]1NC(=S)N(c2ccc(OCc3ccccc3)cc2)C1=O. The van der Waals surface area contributed by atoms with E-state index in [9.17, 15) is 4.79 Å². The highest BCUT2D eigenvalue weighted by Gasteiger charge is 2.35. The third-order valence-electron chi connectivity index (χ3n) is 3.97. The molecule has 6 heteroatoms. The minimum atomic E-state index is -0.228. The van der Waals surface area contributed by atoms with Crippen LogP contribution in [-0.2, 0) is 11.4 Å². The van der Waals surface area contributed by atoms with Crippen LogP contribution in [0.25, 0.3) is 0 Å². The molecule has 2 aromatic rings. The van der Waals surface area contributed by atoms with E-state index >= 15 is 0 Å². The third-order valence-corrected chi connectivity index (χ3v) is 4.92. The zero-order valence-corrected chi connectivity index (χ0v) is 15.6. The molecule has 1 aliphatic rings. The second-order valence-corrected chi connectivity index (χ2v) is 7.10. The Morgan fingerprint density at radius 1 is 1.16 bits per heavy atom. The lowest BCUT2D eigenvalue weighted by Crippen LogP contribution is -2.31. The topological polar surface area (TPSA) is 41.6 Å². The lowest BCUT2D eigenvalue weighted by atomic mass is 10.2. The Morgan fingerprint density at radius 2 is 1.88 bits per heavy atom. The molecule has 0 aromatic heterocycles. The molecule has 0 aliphatic carbocycles. The van der Waals surface area contributed by atoms with Crippen molar-refractivity contribution in [3.05, 3.63) is 60.2 Å². The highest BCUT2D eigenvalue weighted by molar-refractivity contribution is 7.98. The highest BCUT2D eigenvalue weighted by Crippen LogP contribution is 2.24. The van der Waals surface area contributed by atoms with Gasteiger partial charge in [-0.15, -0.1) is 0 Å². The van der Waals surface area contributed by atoms with Gasteiger partial charge in [-0.05, 0) is 60.5 Å².